The molecule has 3 heteroatoms. The molecule has 2 atom stereocenters. The fraction of sp³-hybridized carbons (Fsp3) is 0.269. The van der Waals surface area contributed by atoms with E-state index in [-0.39, 0.29) is 18.1 Å². The lowest BCUT2D eigenvalue weighted by atomic mass is 9.97. The van der Waals surface area contributed by atoms with Crippen molar-refractivity contribution >= 4 is 5.97 Å². The summed E-state index contributed by atoms with van der Waals surface area (Å²) in [7, 11) is 1.46. The van der Waals surface area contributed by atoms with Crippen LogP contribution in [0.5, 0.6) is 0 Å². The second-order valence-corrected chi connectivity index (χ2v) is 7.37. The first-order valence-corrected chi connectivity index (χ1v) is 10.1. The fourth-order valence-corrected chi connectivity index (χ4v) is 3.77. The maximum Gasteiger partial charge on any atom is 0.307 e. The van der Waals surface area contributed by atoms with Crippen molar-refractivity contribution in [1.29, 1.82) is 0 Å². The summed E-state index contributed by atoms with van der Waals surface area (Å²) in [5, 5.41) is 0. The Morgan fingerprint density at radius 3 is 1.90 bits per heavy atom. The van der Waals surface area contributed by atoms with Crippen LogP contribution in [0.25, 0.3) is 0 Å². The van der Waals surface area contributed by atoms with Crippen molar-refractivity contribution < 1.29 is 9.53 Å². The minimum atomic E-state index is -0.177. The third kappa shape index (κ3) is 6.03. The van der Waals surface area contributed by atoms with Gasteiger partial charge in [0.25, 0.3) is 0 Å². The summed E-state index contributed by atoms with van der Waals surface area (Å²) in [6.45, 7) is 2.99. The van der Waals surface area contributed by atoms with Crippen LogP contribution in [0.2, 0.25) is 0 Å². The minimum Gasteiger partial charge on any atom is -0.469 e. The highest BCUT2D eigenvalue weighted by Gasteiger charge is 2.27. The number of hydrogen-bond donors (Lipinski definition) is 0. The average Bonchev–Trinajstić information content (AvgIpc) is 2.78. The van der Waals surface area contributed by atoms with Gasteiger partial charge >= 0.3 is 5.97 Å². The highest BCUT2D eigenvalue weighted by atomic mass is 16.5. The number of hydrogen-bond acceptors (Lipinski definition) is 3. The van der Waals surface area contributed by atoms with E-state index < -0.39 is 0 Å². The molecular formula is C26H29NO2. The normalized spacial score (nSPS) is 13.1. The second kappa shape index (κ2) is 10.6. The maximum atomic E-state index is 12.3. The van der Waals surface area contributed by atoms with Crippen molar-refractivity contribution in [1.82, 2.24) is 4.90 Å². The lowest BCUT2D eigenvalue weighted by Gasteiger charge is -2.37. The summed E-state index contributed by atoms with van der Waals surface area (Å²) >= 11 is 0. The van der Waals surface area contributed by atoms with E-state index in [1.807, 2.05) is 30.3 Å². The first kappa shape index (κ1) is 20.8. The van der Waals surface area contributed by atoms with Gasteiger partial charge in [0.1, 0.15) is 0 Å². The van der Waals surface area contributed by atoms with E-state index in [1.54, 1.807) is 0 Å². The number of esters is 1. The summed E-state index contributed by atoms with van der Waals surface area (Å²) < 4.78 is 5.04. The van der Waals surface area contributed by atoms with E-state index in [4.69, 9.17) is 4.74 Å². The molecule has 0 fully saturated rings. The Morgan fingerprint density at radius 2 is 1.34 bits per heavy atom. The zero-order valence-corrected chi connectivity index (χ0v) is 17.2. The van der Waals surface area contributed by atoms with Crippen LogP contribution in [-0.4, -0.2) is 24.0 Å². The summed E-state index contributed by atoms with van der Waals surface area (Å²) in [6.07, 6.45) is 1.15. The number of nitrogens with zero attached hydrogens (tertiary/aromatic N) is 1. The number of carbonyl (C=O) groups excluding carboxylic acids is 1. The first-order valence-electron chi connectivity index (χ1n) is 10.1. The third-order valence-electron chi connectivity index (χ3n) is 5.40. The Labute approximate surface area is 174 Å². The molecule has 0 bridgehead atoms. The van der Waals surface area contributed by atoms with Crippen molar-refractivity contribution in [2.45, 2.75) is 38.4 Å². The van der Waals surface area contributed by atoms with Crippen LogP contribution in [0.1, 0.15) is 36.1 Å². The van der Waals surface area contributed by atoms with Crippen LogP contribution in [0.15, 0.2) is 91.0 Å². The molecule has 0 aliphatic carbocycles. The molecule has 0 spiro atoms. The molecule has 0 aliphatic rings. The monoisotopic (exact) mass is 387 g/mol. The maximum absolute atomic E-state index is 12.3. The summed E-state index contributed by atoms with van der Waals surface area (Å²) in [5.74, 6) is -0.177. The van der Waals surface area contributed by atoms with E-state index in [1.165, 1.54) is 23.8 Å². The molecule has 0 N–H and O–H groups in total. The molecule has 0 saturated heterocycles. The van der Waals surface area contributed by atoms with Gasteiger partial charge in [-0.2, -0.15) is 0 Å². The van der Waals surface area contributed by atoms with Gasteiger partial charge in [-0.25, -0.2) is 0 Å². The molecule has 0 saturated carbocycles. The average molecular weight is 388 g/mol. The molecule has 0 amide bonds. The molecule has 3 aromatic carbocycles. The zero-order chi connectivity index (χ0) is 20.5. The van der Waals surface area contributed by atoms with E-state index in [0.29, 0.717) is 6.42 Å². The predicted octanol–water partition coefficient (Wildman–Crippen LogP) is 5.42. The van der Waals surface area contributed by atoms with Crippen molar-refractivity contribution in [2.75, 3.05) is 7.11 Å². The molecule has 29 heavy (non-hydrogen) atoms. The lowest BCUT2D eigenvalue weighted by molar-refractivity contribution is -0.142. The summed E-state index contributed by atoms with van der Waals surface area (Å²) in [4.78, 5) is 14.7. The number of rotatable bonds is 9. The molecule has 3 nitrogen and oxygen atoms in total. The number of ether oxygens (including phenoxy) is 1. The Balaban J connectivity index is 1.94. The molecular weight excluding hydrogens is 358 g/mol. The van der Waals surface area contributed by atoms with Crippen LogP contribution in [0.3, 0.4) is 0 Å². The largest absolute Gasteiger partial charge is 0.469 e. The van der Waals surface area contributed by atoms with Gasteiger partial charge in [0.2, 0.25) is 0 Å². The van der Waals surface area contributed by atoms with Crippen molar-refractivity contribution in [3.05, 3.63) is 108 Å². The highest BCUT2D eigenvalue weighted by Crippen LogP contribution is 2.28. The Hall–Kier alpha value is -2.91. The van der Waals surface area contributed by atoms with Gasteiger partial charge in [-0.3, -0.25) is 9.69 Å². The van der Waals surface area contributed by atoms with E-state index in [2.05, 4.69) is 72.5 Å². The van der Waals surface area contributed by atoms with Gasteiger partial charge < -0.3 is 4.74 Å². The Morgan fingerprint density at radius 1 is 0.828 bits per heavy atom. The summed E-state index contributed by atoms with van der Waals surface area (Å²) in [5.41, 5.74) is 3.70. The van der Waals surface area contributed by atoms with Gasteiger partial charge in [-0.1, -0.05) is 91.0 Å². The Bertz CT molecular complexity index is 865. The van der Waals surface area contributed by atoms with Gasteiger partial charge in [0, 0.05) is 18.6 Å². The van der Waals surface area contributed by atoms with E-state index >= 15 is 0 Å². The molecule has 0 aliphatic heterocycles. The van der Waals surface area contributed by atoms with E-state index in [0.717, 1.165) is 13.0 Å². The van der Waals surface area contributed by atoms with Gasteiger partial charge in [0.15, 0.2) is 0 Å². The van der Waals surface area contributed by atoms with Gasteiger partial charge in [-0.05, 0) is 30.0 Å². The number of carbonyl (C=O) groups is 1. The van der Waals surface area contributed by atoms with Crippen molar-refractivity contribution in [3.63, 3.8) is 0 Å². The minimum absolute atomic E-state index is 0.0280. The Kier molecular flexibility index (Phi) is 7.60. The molecule has 0 aromatic heterocycles. The van der Waals surface area contributed by atoms with Crippen LogP contribution in [0.4, 0.5) is 0 Å². The second-order valence-electron chi connectivity index (χ2n) is 7.37. The quantitative estimate of drug-likeness (QED) is 0.459. The number of benzene rings is 3. The van der Waals surface area contributed by atoms with E-state index in [9.17, 15) is 4.79 Å². The summed E-state index contributed by atoms with van der Waals surface area (Å²) in [6, 6.07) is 31.5. The molecule has 0 radical (unpaired) electrons. The molecule has 0 heterocycles. The molecule has 3 aromatic rings. The molecule has 0 unspecified atom stereocenters. The van der Waals surface area contributed by atoms with Gasteiger partial charge in [-0.15, -0.1) is 0 Å². The van der Waals surface area contributed by atoms with Crippen molar-refractivity contribution in [3.8, 4) is 0 Å². The lowest BCUT2D eigenvalue weighted by Crippen LogP contribution is -2.40. The standard InChI is InChI=1S/C26H29NO2/c1-21(24-16-10-5-11-17-24)27(20-23-14-8-4-9-15-23)25(19-26(28)29-2)18-22-12-6-3-7-13-22/h3-17,21,25H,18-20H2,1-2H3/t21-,25-/m1/s1. The highest BCUT2D eigenvalue weighted by molar-refractivity contribution is 5.70. The topological polar surface area (TPSA) is 29.5 Å². The smallest absolute Gasteiger partial charge is 0.307 e. The first-order chi connectivity index (χ1) is 14.2. The SMILES string of the molecule is COC(=O)C[C@@H](Cc1ccccc1)N(Cc1ccccc1)[C@H](C)c1ccccc1. The third-order valence-corrected chi connectivity index (χ3v) is 5.40. The van der Waals surface area contributed by atoms with Gasteiger partial charge in [0.05, 0.1) is 13.5 Å². The van der Waals surface area contributed by atoms with Crippen LogP contribution >= 0.6 is 0 Å². The van der Waals surface area contributed by atoms with Crippen LogP contribution < -0.4 is 0 Å². The zero-order valence-electron chi connectivity index (χ0n) is 17.2. The molecule has 3 rings (SSSR count). The number of methoxy groups -OCH3 is 1. The predicted molar refractivity (Wildman–Crippen MR) is 117 cm³/mol. The molecule has 150 valence electrons. The van der Waals surface area contributed by atoms with Crippen LogP contribution in [-0.2, 0) is 22.5 Å². The fourth-order valence-electron chi connectivity index (χ4n) is 3.77. The van der Waals surface area contributed by atoms with Crippen LogP contribution in [0, 0.1) is 0 Å². The van der Waals surface area contributed by atoms with Crippen molar-refractivity contribution in [2.24, 2.45) is 0 Å².